The van der Waals surface area contributed by atoms with E-state index in [9.17, 15) is 18.0 Å². The average molecular weight is 382 g/mol. The number of benzene rings is 2. The summed E-state index contributed by atoms with van der Waals surface area (Å²) in [7, 11) is -3.51. The SMILES string of the molecule is CS(=O)(=O)c1ccccc1C(=O)Nc1ccc(Cn2ccccc2=O)cc1. The summed E-state index contributed by atoms with van der Waals surface area (Å²) in [6.07, 6.45) is 2.78. The maximum Gasteiger partial charge on any atom is 0.256 e. The summed E-state index contributed by atoms with van der Waals surface area (Å²) in [5, 5.41) is 2.70. The Bertz CT molecular complexity index is 1130. The summed E-state index contributed by atoms with van der Waals surface area (Å²) in [5.74, 6) is -0.497. The van der Waals surface area contributed by atoms with Gasteiger partial charge in [0, 0.05) is 24.2 Å². The van der Waals surface area contributed by atoms with Gasteiger partial charge in [0.05, 0.1) is 17.0 Å². The predicted molar refractivity (Wildman–Crippen MR) is 104 cm³/mol. The van der Waals surface area contributed by atoms with Crippen LogP contribution >= 0.6 is 0 Å². The number of rotatable bonds is 5. The van der Waals surface area contributed by atoms with E-state index in [0.717, 1.165) is 11.8 Å². The molecule has 0 saturated heterocycles. The summed E-state index contributed by atoms with van der Waals surface area (Å²) >= 11 is 0. The molecule has 27 heavy (non-hydrogen) atoms. The minimum atomic E-state index is -3.51. The van der Waals surface area contributed by atoms with E-state index in [2.05, 4.69) is 5.32 Å². The molecule has 0 atom stereocenters. The van der Waals surface area contributed by atoms with Gasteiger partial charge in [-0.3, -0.25) is 9.59 Å². The van der Waals surface area contributed by atoms with Crippen molar-refractivity contribution in [3.05, 3.63) is 94.4 Å². The highest BCUT2D eigenvalue weighted by Crippen LogP contribution is 2.18. The number of aromatic nitrogens is 1. The maximum atomic E-state index is 12.5. The first-order valence-corrected chi connectivity index (χ1v) is 10.1. The lowest BCUT2D eigenvalue weighted by molar-refractivity contribution is 0.102. The predicted octanol–water partition coefficient (Wildman–Crippen LogP) is 2.55. The van der Waals surface area contributed by atoms with Crippen molar-refractivity contribution in [1.82, 2.24) is 4.57 Å². The highest BCUT2D eigenvalue weighted by molar-refractivity contribution is 7.90. The first-order valence-electron chi connectivity index (χ1n) is 8.19. The molecule has 0 aliphatic rings. The van der Waals surface area contributed by atoms with Crippen molar-refractivity contribution < 1.29 is 13.2 Å². The molecule has 0 radical (unpaired) electrons. The zero-order valence-corrected chi connectivity index (χ0v) is 15.4. The van der Waals surface area contributed by atoms with E-state index in [0.29, 0.717) is 12.2 Å². The Balaban J connectivity index is 1.77. The number of amides is 1. The quantitative estimate of drug-likeness (QED) is 0.735. The molecule has 0 fully saturated rings. The Labute approximate surface area is 157 Å². The molecule has 0 bridgehead atoms. The number of sulfone groups is 1. The van der Waals surface area contributed by atoms with Gasteiger partial charge < -0.3 is 9.88 Å². The molecule has 2 aromatic carbocycles. The molecule has 0 aliphatic heterocycles. The molecule has 1 N–H and O–H groups in total. The van der Waals surface area contributed by atoms with Crippen LogP contribution in [0.4, 0.5) is 5.69 Å². The number of carbonyl (C=O) groups is 1. The van der Waals surface area contributed by atoms with Crippen molar-refractivity contribution in [1.29, 1.82) is 0 Å². The van der Waals surface area contributed by atoms with Crippen LogP contribution < -0.4 is 10.9 Å². The van der Waals surface area contributed by atoms with Crippen LogP contribution in [0.1, 0.15) is 15.9 Å². The maximum absolute atomic E-state index is 12.5. The van der Waals surface area contributed by atoms with E-state index in [1.807, 2.05) is 0 Å². The van der Waals surface area contributed by atoms with Crippen LogP contribution in [0.2, 0.25) is 0 Å². The van der Waals surface area contributed by atoms with Gasteiger partial charge in [-0.2, -0.15) is 0 Å². The fraction of sp³-hybridized carbons (Fsp3) is 0.100. The molecule has 0 aliphatic carbocycles. The molecule has 0 saturated carbocycles. The fourth-order valence-electron chi connectivity index (χ4n) is 2.66. The van der Waals surface area contributed by atoms with Crippen molar-refractivity contribution >= 4 is 21.4 Å². The van der Waals surface area contributed by atoms with E-state index >= 15 is 0 Å². The largest absolute Gasteiger partial charge is 0.322 e. The molecule has 6 nitrogen and oxygen atoms in total. The molecule has 7 heteroatoms. The van der Waals surface area contributed by atoms with Gasteiger partial charge in [-0.05, 0) is 35.9 Å². The van der Waals surface area contributed by atoms with E-state index in [1.54, 1.807) is 59.3 Å². The lowest BCUT2D eigenvalue weighted by atomic mass is 10.1. The third kappa shape index (κ3) is 4.51. The van der Waals surface area contributed by atoms with Crippen LogP contribution in [0.3, 0.4) is 0 Å². The van der Waals surface area contributed by atoms with Gasteiger partial charge in [-0.25, -0.2) is 8.42 Å². The van der Waals surface area contributed by atoms with Crippen molar-refractivity contribution in [3.8, 4) is 0 Å². The van der Waals surface area contributed by atoms with Crippen molar-refractivity contribution in [2.75, 3.05) is 11.6 Å². The van der Waals surface area contributed by atoms with E-state index in [-0.39, 0.29) is 16.0 Å². The normalized spacial score (nSPS) is 11.1. The second-order valence-electron chi connectivity index (χ2n) is 6.09. The number of anilines is 1. The standard InChI is InChI=1S/C20H18N2O4S/c1-27(25,26)18-7-3-2-6-17(18)20(24)21-16-11-9-15(10-12-16)14-22-13-5-4-8-19(22)23/h2-13H,14H2,1H3,(H,21,24). The third-order valence-electron chi connectivity index (χ3n) is 3.99. The molecule has 1 aromatic heterocycles. The van der Waals surface area contributed by atoms with Crippen LogP contribution in [0.5, 0.6) is 0 Å². The van der Waals surface area contributed by atoms with Gasteiger partial charge >= 0.3 is 0 Å². The number of carbonyl (C=O) groups excluding carboxylic acids is 1. The average Bonchev–Trinajstić information content (AvgIpc) is 2.64. The van der Waals surface area contributed by atoms with Gasteiger partial charge in [0.25, 0.3) is 11.5 Å². The zero-order valence-electron chi connectivity index (χ0n) is 14.6. The molecular weight excluding hydrogens is 364 g/mol. The van der Waals surface area contributed by atoms with Crippen LogP contribution in [0, 0.1) is 0 Å². The molecule has 3 rings (SSSR count). The van der Waals surface area contributed by atoms with E-state index < -0.39 is 15.7 Å². The highest BCUT2D eigenvalue weighted by Gasteiger charge is 2.18. The minimum absolute atomic E-state index is 0.0115. The second kappa shape index (κ2) is 7.59. The Morgan fingerprint density at radius 3 is 2.30 bits per heavy atom. The monoisotopic (exact) mass is 382 g/mol. The molecule has 3 aromatic rings. The van der Waals surface area contributed by atoms with Gasteiger partial charge in [-0.15, -0.1) is 0 Å². The third-order valence-corrected chi connectivity index (χ3v) is 5.15. The number of nitrogens with zero attached hydrogens (tertiary/aromatic N) is 1. The zero-order chi connectivity index (χ0) is 19.4. The van der Waals surface area contributed by atoms with Crippen LogP contribution in [-0.4, -0.2) is 25.1 Å². The van der Waals surface area contributed by atoms with Gasteiger partial charge in [0.1, 0.15) is 0 Å². The first-order chi connectivity index (χ1) is 12.8. The molecular formula is C20H18N2O4S. The van der Waals surface area contributed by atoms with Gasteiger partial charge in [0.2, 0.25) is 0 Å². The molecule has 1 amide bonds. The topological polar surface area (TPSA) is 85.2 Å². The number of hydrogen-bond acceptors (Lipinski definition) is 4. The molecule has 138 valence electrons. The first kappa shape index (κ1) is 18.6. The summed E-state index contributed by atoms with van der Waals surface area (Å²) in [6, 6.07) is 18.1. The fourth-order valence-corrected chi connectivity index (χ4v) is 3.54. The lowest BCUT2D eigenvalue weighted by Gasteiger charge is -2.10. The number of hydrogen-bond donors (Lipinski definition) is 1. The van der Waals surface area contributed by atoms with E-state index in [4.69, 9.17) is 0 Å². The smallest absolute Gasteiger partial charge is 0.256 e. The van der Waals surface area contributed by atoms with E-state index in [1.165, 1.54) is 18.2 Å². The van der Waals surface area contributed by atoms with Crippen LogP contribution in [0.15, 0.2) is 82.6 Å². The number of pyridine rings is 1. The van der Waals surface area contributed by atoms with Crippen molar-refractivity contribution in [2.24, 2.45) is 0 Å². The van der Waals surface area contributed by atoms with Gasteiger partial charge in [-0.1, -0.05) is 30.3 Å². The summed E-state index contributed by atoms with van der Waals surface area (Å²) in [6.45, 7) is 0.421. The summed E-state index contributed by atoms with van der Waals surface area (Å²) in [4.78, 5) is 24.2. The van der Waals surface area contributed by atoms with Crippen LogP contribution in [0.25, 0.3) is 0 Å². The molecule has 1 heterocycles. The Morgan fingerprint density at radius 2 is 1.63 bits per heavy atom. The Hall–Kier alpha value is -3.19. The summed E-state index contributed by atoms with van der Waals surface area (Å²) < 4.78 is 25.3. The van der Waals surface area contributed by atoms with Crippen LogP contribution in [-0.2, 0) is 16.4 Å². The minimum Gasteiger partial charge on any atom is -0.322 e. The number of nitrogens with one attached hydrogen (secondary N) is 1. The molecule has 0 spiro atoms. The Morgan fingerprint density at radius 1 is 0.963 bits per heavy atom. The lowest BCUT2D eigenvalue weighted by Crippen LogP contribution is -2.18. The molecule has 0 unspecified atom stereocenters. The second-order valence-corrected chi connectivity index (χ2v) is 8.07. The van der Waals surface area contributed by atoms with Crippen molar-refractivity contribution in [2.45, 2.75) is 11.4 Å². The summed E-state index contributed by atoms with van der Waals surface area (Å²) in [5.41, 5.74) is 1.44. The Kier molecular flexibility index (Phi) is 5.23. The van der Waals surface area contributed by atoms with Gasteiger partial charge in [0.15, 0.2) is 9.84 Å². The highest BCUT2D eigenvalue weighted by atomic mass is 32.2. The van der Waals surface area contributed by atoms with Crippen molar-refractivity contribution in [3.63, 3.8) is 0 Å².